The number of aliphatic hydroxyl groups is 1. The fourth-order valence-corrected chi connectivity index (χ4v) is 7.55. The number of fused-ring (bicyclic) bond motifs is 3. The van der Waals surface area contributed by atoms with Crippen molar-refractivity contribution in [2.45, 2.75) is 24.5 Å². The van der Waals surface area contributed by atoms with Gasteiger partial charge in [-0.05, 0) is 57.6 Å². The molecule has 1 aromatic carbocycles. The number of primary amides is 1. The number of likely N-dealkylation sites (N-methyl/N-ethyl adjacent to an activating group) is 2. The number of carbonyl (C=O) groups excluding carboxylic acids is 6. The zero-order chi connectivity index (χ0) is 33.8. The lowest BCUT2D eigenvalue weighted by Gasteiger charge is -2.52. The minimum absolute atomic E-state index is 0.0159. The Balaban J connectivity index is 1.45. The number of hydrogen-bond donors (Lipinski definition) is 4. The Kier molecular flexibility index (Phi) is 8.79. The van der Waals surface area contributed by atoms with Gasteiger partial charge < -0.3 is 36.6 Å². The molecule has 248 valence electrons. The summed E-state index contributed by atoms with van der Waals surface area (Å²) < 4.78 is 0. The maximum atomic E-state index is 14.1. The Bertz CT molecular complexity index is 1530. The largest absolute Gasteiger partial charge is 0.377 e. The van der Waals surface area contributed by atoms with Gasteiger partial charge in [0.15, 0.2) is 40.6 Å². The van der Waals surface area contributed by atoms with Crippen LogP contribution in [0.15, 0.2) is 17.1 Å². The van der Waals surface area contributed by atoms with Crippen LogP contribution in [0.1, 0.15) is 22.3 Å². The Morgan fingerprint density at radius 1 is 1.04 bits per heavy atom. The summed E-state index contributed by atoms with van der Waals surface area (Å²) in [4.78, 5) is 91.6. The number of guanidine groups is 1. The van der Waals surface area contributed by atoms with Gasteiger partial charge in [0.2, 0.25) is 11.8 Å². The van der Waals surface area contributed by atoms with E-state index in [0.717, 1.165) is 13.1 Å². The molecule has 1 saturated heterocycles. The highest BCUT2D eigenvalue weighted by Gasteiger charge is 2.69. The van der Waals surface area contributed by atoms with Crippen LogP contribution in [0.2, 0.25) is 0 Å². The van der Waals surface area contributed by atoms with E-state index in [4.69, 9.17) is 11.5 Å². The van der Waals surface area contributed by atoms with Crippen molar-refractivity contribution in [3.63, 3.8) is 0 Å². The summed E-state index contributed by atoms with van der Waals surface area (Å²) >= 11 is 0. The van der Waals surface area contributed by atoms with Crippen LogP contribution in [0, 0.1) is 23.7 Å². The Labute approximate surface area is 266 Å². The molecular weight excluding hydrogens is 596 g/mol. The summed E-state index contributed by atoms with van der Waals surface area (Å²) in [5.41, 5.74) is 10.5. The van der Waals surface area contributed by atoms with Gasteiger partial charge in [-0.1, -0.05) is 0 Å². The molecule has 0 spiro atoms. The molecule has 4 unspecified atom stereocenters. The number of anilines is 2. The quantitative estimate of drug-likeness (QED) is 0.148. The summed E-state index contributed by atoms with van der Waals surface area (Å²) in [5.74, 6) is -10.3. The second-order valence-corrected chi connectivity index (χ2v) is 13.2. The molecule has 5 rings (SSSR count). The topological polar surface area (TPSA) is 212 Å². The molecule has 1 heterocycles. The van der Waals surface area contributed by atoms with Crippen molar-refractivity contribution in [3.8, 4) is 0 Å². The van der Waals surface area contributed by atoms with E-state index >= 15 is 0 Å². The Hall–Kier alpha value is -4.21. The molecule has 6 atom stereocenters. The van der Waals surface area contributed by atoms with Gasteiger partial charge in [-0.15, -0.1) is 0 Å². The number of Topliss-reactive ketones (excluding diaryl/α,β-unsaturated/α-hetero) is 4. The van der Waals surface area contributed by atoms with E-state index in [9.17, 15) is 33.9 Å². The van der Waals surface area contributed by atoms with Crippen molar-refractivity contribution < 1.29 is 33.9 Å². The van der Waals surface area contributed by atoms with Gasteiger partial charge in [0.1, 0.15) is 6.54 Å². The van der Waals surface area contributed by atoms with E-state index in [1.54, 1.807) is 39.2 Å². The molecule has 2 amide bonds. The van der Waals surface area contributed by atoms with E-state index in [0.29, 0.717) is 30.0 Å². The Morgan fingerprint density at radius 3 is 2.28 bits per heavy atom. The van der Waals surface area contributed by atoms with E-state index in [2.05, 4.69) is 15.2 Å². The van der Waals surface area contributed by atoms with Crippen molar-refractivity contribution in [2.75, 3.05) is 78.2 Å². The number of benzene rings is 1. The van der Waals surface area contributed by atoms with Crippen molar-refractivity contribution in [2.24, 2.45) is 40.1 Å². The van der Waals surface area contributed by atoms with Crippen LogP contribution in [0.4, 0.5) is 11.4 Å². The molecule has 3 aliphatic carbocycles. The highest BCUT2D eigenvalue weighted by atomic mass is 16.3. The normalized spacial score (nSPS) is 30.1. The SMILES string of the molecule is CN1CCN(C(N)=NCC(=O)Nc2cc3c(c(N(C)C)c2)CC2CC4[C@H](N(C)C)C(=O)C(C(N)=O)C(=O)[C@@]4(O)C(=O)C2C3=O)CC1. The molecule has 1 aliphatic heterocycles. The van der Waals surface area contributed by atoms with Crippen LogP contribution in [-0.2, 0) is 30.4 Å². The van der Waals surface area contributed by atoms with E-state index < -0.39 is 70.3 Å². The lowest BCUT2D eigenvalue weighted by atomic mass is 9.52. The molecule has 0 bridgehead atoms. The first-order valence-corrected chi connectivity index (χ1v) is 15.3. The molecular formula is C31H42N8O7. The summed E-state index contributed by atoms with van der Waals surface area (Å²) in [5, 5.41) is 14.6. The van der Waals surface area contributed by atoms with Crippen molar-refractivity contribution in [3.05, 3.63) is 23.3 Å². The smallest absolute Gasteiger partial charge is 0.246 e. The third-order valence-corrected chi connectivity index (χ3v) is 9.88. The van der Waals surface area contributed by atoms with E-state index in [1.807, 2.05) is 11.9 Å². The maximum Gasteiger partial charge on any atom is 0.246 e. The molecule has 3 fully saturated rings. The number of aliphatic imine (C=N–C) groups is 1. The number of piperazine rings is 1. The number of carbonyl (C=O) groups is 6. The number of rotatable bonds is 6. The fourth-order valence-electron chi connectivity index (χ4n) is 7.55. The number of hydrogen-bond acceptors (Lipinski definition) is 11. The highest BCUT2D eigenvalue weighted by Crippen LogP contribution is 2.51. The van der Waals surface area contributed by atoms with Gasteiger partial charge in [0, 0.05) is 63.1 Å². The average Bonchev–Trinajstić information content (AvgIpc) is 2.98. The van der Waals surface area contributed by atoms with Gasteiger partial charge in [0.25, 0.3) is 0 Å². The minimum atomic E-state index is -2.74. The number of ketones is 4. The first kappa shape index (κ1) is 33.2. The monoisotopic (exact) mass is 638 g/mol. The predicted octanol–water partition coefficient (Wildman–Crippen LogP) is -2.27. The van der Waals surface area contributed by atoms with Crippen LogP contribution in [0.5, 0.6) is 0 Å². The van der Waals surface area contributed by atoms with Crippen LogP contribution >= 0.6 is 0 Å². The molecule has 46 heavy (non-hydrogen) atoms. The molecule has 0 radical (unpaired) electrons. The zero-order valence-electron chi connectivity index (χ0n) is 26.8. The summed E-state index contributed by atoms with van der Waals surface area (Å²) in [6.45, 7) is 2.81. The van der Waals surface area contributed by atoms with E-state index in [1.165, 1.54) is 11.0 Å². The molecule has 15 nitrogen and oxygen atoms in total. The molecule has 6 N–H and O–H groups in total. The highest BCUT2D eigenvalue weighted by molar-refractivity contribution is 6.32. The number of nitrogens with zero attached hydrogens (tertiary/aromatic N) is 5. The Morgan fingerprint density at radius 2 is 1.70 bits per heavy atom. The second kappa shape index (κ2) is 12.2. The molecule has 15 heteroatoms. The zero-order valence-corrected chi connectivity index (χ0v) is 26.8. The number of nitrogens with one attached hydrogen (secondary N) is 1. The number of amides is 2. The molecule has 0 aromatic heterocycles. The third kappa shape index (κ3) is 5.45. The van der Waals surface area contributed by atoms with Crippen LogP contribution < -0.4 is 21.7 Å². The predicted molar refractivity (Wildman–Crippen MR) is 168 cm³/mol. The van der Waals surface area contributed by atoms with E-state index in [-0.39, 0.29) is 30.9 Å². The van der Waals surface area contributed by atoms with Gasteiger partial charge in [0.05, 0.1) is 12.0 Å². The van der Waals surface area contributed by atoms with Crippen LogP contribution in [-0.4, -0.2) is 140 Å². The fraction of sp³-hybridized carbons (Fsp3) is 0.581. The first-order valence-electron chi connectivity index (χ1n) is 15.3. The minimum Gasteiger partial charge on any atom is -0.377 e. The van der Waals surface area contributed by atoms with Crippen LogP contribution in [0.3, 0.4) is 0 Å². The second-order valence-electron chi connectivity index (χ2n) is 13.2. The molecule has 4 aliphatic rings. The molecule has 2 saturated carbocycles. The number of nitrogens with two attached hydrogens (primary N) is 2. The average molecular weight is 639 g/mol. The summed E-state index contributed by atoms with van der Waals surface area (Å²) in [6, 6.07) is 2.07. The van der Waals surface area contributed by atoms with Gasteiger partial charge in [-0.25, -0.2) is 4.99 Å². The van der Waals surface area contributed by atoms with Gasteiger partial charge in [-0.2, -0.15) is 0 Å². The van der Waals surface area contributed by atoms with Crippen molar-refractivity contribution >= 4 is 52.3 Å². The summed E-state index contributed by atoms with van der Waals surface area (Å²) in [6.07, 6.45) is 0.265. The van der Waals surface area contributed by atoms with Crippen molar-refractivity contribution in [1.29, 1.82) is 0 Å². The lowest BCUT2D eigenvalue weighted by Crippen LogP contribution is -2.74. The van der Waals surface area contributed by atoms with Crippen LogP contribution in [0.25, 0.3) is 0 Å². The third-order valence-electron chi connectivity index (χ3n) is 9.88. The lowest BCUT2D eigenvalue weighted by molar-refractivity contribution is -0.181. The standard InChI is InChI=1S/C31H42N8O7/c1-36(2)20-13-16(35-21(40)14-34-30(33)39-8-6-38(5)7-9-39)12-18-17(20)10-15-11-19-24(37(3)4)26(42)23(29(32)45)28(44)31(19,46)27(43)22(15)25(18)41/h12-13,15,19,22-24,46H,6-11,14H2,1-5H3,(H2,32,45)(H2,33,34)(H,35,40)/t15?,19?,22?,23?,24-,31-/m0/s1. The van der Waals surface area contributed by atoms with Gasteiger partial charge >= 0.3 is 0 Å². The van der Waals surface area contributed by atoms with Crippen molar-refractivity contribution in [1.82, 2.24) is 14.7 Å². The van der Waals surface area contributed by atoms with Gasteiger partial charge in [-0.3, -0.25) is 33.7 Å². The molecule has 1 aromatic rings. The maximum absolute atomic E-state index is 14.1. The summed E-state index contributed by atoms with van der Waals surface area (Å²) in [7, 11) is 8.70. The first-order chi connectivity index (χ1) is 21.6.